The summed E-state index contributed by atoms with van der Waals surface area (Å²) in [6.45, 7) is 0. The van der Waals surface area contributed by atoms with Crippen LogP contribution in [-0.2, 0) is 10.0 Å². The van der Waals surface area contributed by atoms with Gasteiger partial charge in [-0.3, -0.25) is 9.55 Å². The number of nitrogens with two attached hydrogens (primary N) is 1. The van der Waals surface area contributed by atoms with Crippen LogP contribution in [0, 0.1) is 0 Å². The molecule has 3 rings (SSSR count). The fourth-order valence-electron chi connectivity index (χ4n) is 1.86. The van der Waals surface area contributed by atoms with Crippen LogP contribution < -0.4 is 5.14 Å². The van der Waals surface area contributed by atoms with Gasteiger partial charge in [-0.25, -0.2) is 13.6 Å². The maximum absolute atomic E-state index is 11.5. The fourth-order valence-corrected chi connectivity index (χ4v) is 2.89. The molecule has 1 saturated carbocycles. The zero-order chi connectivity index (χ0) is 13.6. The Morgan fingerprint density at radius 2 is 2.05 bits per heavy atom. The van der Waals surface area contributed by atoms with Gasteiger partial charge in [0.1, 0.15) is 0 Å². The zero-order valence-electron chi connectivity index (χ0n) is 9.69. The second kappa shape index (κ2) is 4.36. The molecule has 2 N–H and O–H groups in total. The molecule has 2 heterocycles. The molecule has 0 atom stereocenters. The predicted octanol–water partition coefficient (Wildman–Crippen LogP) is 1.08. The van der Waals surface area contributed by atoms with Crippen molar-refractivity contribution in [2.45, 2.75) is 24.0 Å². The summed E-state index contributed by atoms with van der Waals surface area (Å²) >= 11 is 3.32. The molecule has 0 radical (unpaired) electrons. The van der Waals surface area contributed by atoms with Crippen molar-refractivity contribution in [3.63, 3.8) is 0 Å². The Morgan fingerprint density at radius 1 is 1.32 bits per heavy atom. The summed E-state index contributed by atoms with van der Waals surface area (Å²) in [7, 11) is -3.88. The lowest BCUT2D eigenvalue weighted by Crippen LogP contribution is -2.18. The number of hydrogen-bond acceptors (Lipinski definition) is 5. The van der Waals surface area contributed by atoms with E-state index in [1.54, 1.807) is 17.0 Å². The van der Waals surface area contributed by atoms with Crippen molar-refractivity contribution in [3.05, 3.63) is 22.9 Å². The molecular formula is C10H10BrN5O2S. The minimum absolute atomic E-state index is 0.0947. The second-order valence-electron chi connectivity index (χ2n) is 4.34. The van der Waals surface area contributed by atoms with Crippen LogP contribution >= 0.6 is 15.9 Å². The van der Waals surface area contributed by atoms with Crippen LogP contribution in [0.1, 0.15) is 18.9 Å². The Morgan fingerprint density at radius 3 is 2.63 bits per heavy atom. The molecule has 0 amide bonds. The average molecular weight is 344 g/mol. The molecule has 1 aliphatic rings. The molecule has 2 aromatic rings. The first-order chi connectivity index (χ1) is 8.97. The lowest BCUT2D eigenvalue weighted by atomic mass is 10.3. The SMILES string of the molecule is NS(=O)(=O)c1nnc(-c2cncc(Br)c2)n1C1CC1. The molecule has 0 spiro atoms. The van der Waals surface area contributed by atoms with Crippen LogP contribution in [0.5, 0.6) is 0 Å². The normalized spacial score (nSPS) is 15.7. The summed E-state index contributed by atoms with van der Waals surface area (Å²) < 4.78 is 25.4. The molecule has 9 heteroatoms. The van der Waals surface area contributed by atoms with Crippen LogP contribution in [0.3, 0.4) is 0 Å². The Balaban J connectivity index is 2.20. The molecule has 100 valence electrons. The average Bonchev–Trinajstić information content (AvgIpc) is 3.06. The van der Waals surface area contributed by atoms with E-state index in [0.29, 0.717) is 11.4 Å². The molecule has 0 aliphatic heterocycles. The van der Waals surface area contributed by atoms with Gasteiger partial charge in [-0.2, -0.15) is 0 Å². The topological polar surface area (TPSA) is 104 Å². The second-order valence-corrected chi connectivity index (χ2v) is 6.72. The Kier molecular flexibility index (Phi) is 2.91. The summed E-state index contributed by atoms with van der Waals surface area (Å²) in [6.07, 6.45) is 5.05. The van der Waals surface area contributed by atoms with Gasteiger partial charge in [-0.05, 0) is 34.8 Å². The molecular weight excluding hydrogens is 334 g/mol. The van der Waals surface area contributed by atoms with Gasteiger partial charge in [-0.1, -0.05) is 0 Å². The van der Waals surface area contributed by atoms with Gasteiger partial charge in [0, 0.05) is 28.5 Å². The van der Waals surface area contributed by atoms with Crippen molar-refractivity contribution in [3.8, 4) is 11.4 Å². The zero-order valence-corrected chi connectivity index (χ0v) is 12.1. The van der Waals surface area contributed by atoms with E-state index in [4.69, 9.17) is 5.14 Å². The monoisotopic (exact) mass is 343 g/mol. The number of halogens is 1. The van der Waals surface area contributed by atoms with E-state index in [-0.39, 0.29) is 11.2 Å². The van der Waals surface area contributed by atoms with Gasteiger partial charge in [-0.15, -0.1) is 10.2 Å². The van der Waals surface area contributed by atoms with Crippen LogP contribution in [0.4, 0.5) is 0 Å². The van der Waals surface area contributed by atoms with Crippen molar-refractivity contribution in [1.29, 1.82) is 0 Å². The van der Waals surface area contributed by atoms with E-state index < -0.39 is 10.0 Å². The lowest BCUT2D eigenvalue weighted by molar-refractivity contribution is 0.567. The standard InChI is InChI=1S/C10H10BrN5O2S/c11-7-3-6(4-13-5-7)9-14-15-10(19(12,17)18)16(9)8-1-2-8/h3-5,8H,1-2H2,(H2,12,17,18). The van der Waals surface area contributed by atoms with E-state index in [2.05, 4.69) is 31.1 Å². The van der Waals surface area contributed by atoms with Crippen molar-refractivity contribution in [1.82, 2.24) is 19.7 Å². The highest BCUT2D eigenvalue weighted by molar-refractivity contribution is 9.10. The van der Waals surface area contributed by atoms with E-state index in [0.717, 1.165) is 17.3 Å². The first kappa shape index (κ1) is 12.7. The first-order valence-corrected chi connectivity index (χ1v) is 7.89. The number of primary sulfonamides is 1. The van der Waals surface area contributed by atoms with Crippen LogP contribution in [0.2, 0.25) is 0 Å². The molecule has 7 nitrogen and oxygen atoms in total. The maximum Gasteiger partial charge on any atom is 0.273 e. The van der Waals surface area contributed by atoms with Gasteiger partial charge in [0.15, 0.2) is 5.82 Å². The molecule has 2 aromatic heterocycles. The number of aromatic nitrogens is 4. The summed E-state index contributed by atoms with van der Waals surface area (Å²) in [5, 5.41) is 12.6. The summed E-state index contributed by atoms with van der Waals surface area (Å²) in [5.41, 5.74) is 0.698. The highest BCUT2D eigenvalue weighted by Crippen LogP contribution is 2.39. The molecule has 0 unspecified atom stereocenters. The van der Waals surface area contributed by atoms with E-state index in [1.807, 2.05) is 6.07 Å². The smallest absolute Gasteiger partial charge is 0.273 e. The molecule has 1 fully saturated rings. The minimum atomic E-state index is -3.88. The van der Waals surface area contributed by atoms with Gasteiger partial charge >= 0.3 is 0 Å². The third-order valence-corrected chi connectivity index (χ3v) is 4.02. The van der Waals surface area contributed by atoms with Gasteiger partial charge in [0.05, 0.1) is 0 Å². The van der Waals surface area contributed by atoms with Crippen molar-refractivity contribution >= 4 is 26.0 Å². The largest absolute Gasteiger partial charge is 0.294 e. The number of sulfonamides is 1. The van der Waals surface area contributed by atoms with E-state index in [1.165, 1.54) is 0 Å². The quantitative estimate of drug-likeness (QED) is 0.897. The van der Waals surface area contributed by atoms with E-state index in [9.17, 15) is 8.42 Å². The lowest BCUT2D eigenvalue weighted by Gasteiger charge is -2.07. The summed E-state index contributed by atoms with van der Waals surface area (Å²) in [4.78, 5) is 4.04. The Labute approximate surface area is 118 Å². The number of pyridine rings is 1. The number of hydrogen-bond donors (Lipinski definition) is 1. The maximum atomic E-state index is 11.5. The highest BCUT2D eigenvalue weighted by atomic mass is 79.9. The molecule has 0 bridgehead atoms. The number of rotatable bonds is 3. The summed E-state index contributed by atoms with van der Waals surface area (Å²) in [5.74, 6) is 0.473. The van der Waals surface area contributed by atoms with Gasteiger partial charge in [0.2, 0.25) is 0 Å². The highest BCUT2D eigenvalue weighted by Gasteiger charge is 2.33. The first-order valence-electron chi connectivity index (χ1n) is 5.55. The predicted molar refractivity (Wildman–Crippen MR) is 70.6 cm³/mol. The molecule has 1 aliphatic carbocycles. The Bertz CT molecular complexity index is 738. The van der Waals surface area contributed by atoms with Crippen LogP contribution in [-0.4, -0.2) is 28.2 Å². The third kappa shape index (κ3) is 2.40. The van der Waals surface area contributed by atoms with Crippen molar-refractivity contribution in [2.75, 3.05) is 0 Å². The van der Waals surface area contributed by atoms with Gasteiger partial charge < -0.3 is 0 Å². The van der Waals surface area contributed by atoms with Crippen LogP contribution in [0.25, 0.3) is 11.4 Å². The Hall–Kier alpha value is -1.32. The van der Waals surface area contributed by atoms with Gasteiger partial charge in [0.25, 0.3) is 15.2 Å². The molecule has 0 aromatic carbocycles. The summed E-state index contributed by atoms with van der Waals surface area (Å²) in [6, 6.07) is 1.90. The van der Waals surface area contributed by atoms with Crippen LogP contribution in [0.15, 0.2) is 28.1 Å². The van der Waals surface area contributed by atoms with Crippen molar-refractivity contribution in [2.24, 2.45) is 5.14 Å². The third-order valence-electron chi connectivity index (χ3n) is 2.79. The number of nitrogens with zero attached hydrogens (tertiary/aromatic N) is 4. The fraction of sp³-hybridized carbons (Fsp3) is 0.300. The molecule has 0 saturated heterocycles. The van der Waals surface area contributed by atoms with E-state index >= 15 is 0 Å². The molecule has 19 heavy (non-hydrogen) atoms. The minimum Gasteiger partial charge on any atom is -0.294 e. The van der Waals surface area contributed by atoms with Crippen molar-refractivity contribution < 1.29 is 8.42 Å².